The number of hydrogen-bond donors (Lipinski definition) is 1. The number of nitrogens with two attached hydrogens (primary N) is 1. The molecule has 1 aliphatic rings. The predicted molar refractivity (Wildman–Crippen MR) is 108 cm³/mol. The molecule has 4 heteroatoms. The lowest BCUT2D eigenvalue weighted by Crippen LogP contribution is -2.30. The summed E-state index contributed by atoms with van der Waals surface area (Å²) in [7, 11) is 0. The molecule has 1 heterocycles. The minimum absolute atomic E-state index is 0.0405. The molecule has 0 aromatic heterocycles. The van der Waals surface area contributed by atoms with Crippen LogP contribution in [0.5, 0.6) is 0 Å². The molecular weight excluding hydrogens is 336 g/mol. The van der Waals surface area contributed by atoms with Crippen LogP contribution in [0.25, 0.3) is 0 Å². The van der Waals surface area contributed by atoms with Crippen molar-refractivity contribution in [1.29, 1.82) is 0 Å². The van der Waals surface area contributed by atoms with Crippen molar-refractivity contribution in [2.45, 2.75) is 32.6 Å². The van der Waals surface area contributed by atoms with Gasteiger partial charge in [-0.05, 0) is 43.5 Å². The van der Waals surface area contributed by atoms with Crippen LogP contribution >= 0.6 is 0 Å². The fourth-order valence-electron chi connectivity index (χ4n) is 3.94. The van der Waals surface area contributed by atoms with Crippen LogP contribution in [-0.2, 0) is 4.79 Å². The first-order valence-electron chi connectivity index (χ1n) is 9.63. The molecule has 0 bridgehead atoms. The number of nitrogens with zero attached hydrogens (tertiary/aromatic N) is 1. The van der Waals surface area contributed by atoms with E-state index in [1.165, 1.54) is 5.56 Å². The highest BCUT2D eigenvalue weighted by Gasteiger charge is 2.35. The van der Waals surface area contributed by atoms with Gasteiger partial charge in [-0.25, -0.2) is 0 Å². The lowest BCUT2D eigenvalue weighted by atomic mass is 9.89. The quantitative estimate of drug-likeness (QED) is 0.799. The van der Waals surface area contributed by atoms with E-state index in [9.17, 15) is 9.59 Å². The van der Waals surface area contributed by atoms with Crippen molar-refractivity contribution >= 4 is 11.7 Å². The number of amides is 1. The summed E-state index contributed by atoms with van der Waals surface area (Å²) in [5.41, 5.74) is 9.95. The van der Waals surface area contributed by atoms with E-state index in [1.54, 1.807) is 0 Å². The Morgan fingerprint density at radius 1 is 1.04 bits per heavy atom. The number of hydrogen-bond acceptors (Lipinski definition) is 3. The molecule has 142 valence electrons. The Hall–Kier alpha value is -2.46. The topological polar surface area (TPSA) is 63.4 Å². The van der Waals surface area contributed by atoms with Gasteiger partial charge in [0.15, 0.2) is 5.78 Å². The predicted octanol–water partition coefficient (Wildman–Crippen LogP) is 3.47. The van der Waals surface area contributed by atoms with Gasteiger partial charge in [0.2, 0.25) is 5.91 Å². The molecule has 0 radical (unpaired) electrons. The molecule has 0 aliphatic carbocycles. The van der Waals surface area contributed by atoms with Crippen LogP contribution in [0.1, 0.15) is 45.8 Å². The van der Waals surface area contributed by atoms with Gasteiger partial charge in [-0.15, -0.1) is 0 Å². The van der Waals surface area contributed by atoms with Crippen LogP contribution in [0, 0.1) is 19.8 Å². The normalized spacial score (nSPS) is 19.3. The Bertz CT molecular complexity index is 816. The van der Waals surface area contributed by atoms with Gasteiger partial charge in [0.05, 0.1) is 0 Å². The minimum atomic E-state index is 0.0405. The van der Waals surface area contributed by atoms with Gasteiger partial charge >= 0.3 is 0 Å². The first-order valence-corrected chi connectivity index (χ1v) is 9.63. The van der Waals surface area contributed by atoms with E-state index in [0.717, 1.165) is 16.7 Å². The molecule has 2 aromatic carbocycles. The molecule has 0 spiro atoms. The molecule has 1 amide bonds. The van der Waals surface area contributed by atoms with E-state index in [0.29, 0.717) is 19.6 Å². The van der Waals surface area contributed by atoms with Gasteiger partial charge in [0, 0.05) is 37.4 Å². The molecule has 27 heavy (non-hydrogen) atoms. The van der Waals surface area contributed by atoms with Gasteiger partial charge in [-0.1, -0.05) is 48.0 Å². The van der Waals surface area contributed by atoms with Gasteiger partial charge in [0.1, 0.15) is 0 Å². The van der Waals surface area contributed by atoms with Crippen LogP contribution in [0.4, 0.5) is 0 Å². The van der Waals surface area contributed by atoms with Crippen molar-refractivity contribution in [2.24, 2.45) is 11.7 Å². The number of aryl methyl sites for hydroxylation is 2. The summed E-state index contributed by atoms with van der Waals surface area (Å²) >= 11 is 0. The number of carbonyl (C=O) groups excluding carboxylic acids is 2. The largest absolute Gasteiger partial charge is 0.342 e. The smallest absolute Gasteiger partial charge is 0.223 e. The molecule has 2 aromatic rings. The van der Waals surface area contributed by atoms with E-state index >= 15 is 0 Å². The number of rotatable bonds is 6. The highest BCUT2D eigenvalue weighted by Crippen LogP contribution is 2.32. The van der Waals surface area contributed by atoms with Crippen molar-refractivity contribution in [3.8, 4) is 0 Å². The van der Waals surface area contributed by atoms with Gasteiger partial charge < -0.3 is 10.6 Å². The molecule has 2 N–H and O–H groups in total. The standard InChI is InChI=1S/C23H28N2O2/c1-16-8-9-17(2)20(12-16)22(26)10-11-23(27)25-14-19(13-24)21(15-25)18-6-4-3-5-7-18/h3-9,12,19,21H,10-11,13-15,24H2,1-2H3/t19-,21+/m1/s1. The fourth-order valence-corrected chi connectivity index (χ4v) is 3.94. The number of carbonyl (C=O) groups is 2. The Labute approximate surface area is 161 Å². The third kappa shape index (κ3) is 4.45. The van der Waals surface area contributed by atoms with E-state index in [-0.39, 0.29) is 36.4 Å². The summed E-state index contributed by atoms with van der Waals surface area (Å²) in [5, 5.41) is 0. The lowest BCUT2D eigenvalue weighted by Gasteiger charge is -2.17. The number of benzene rings is 2. The minimum Gasteiger partial charge on any atom is -0.342 e. The third-order valence-electron chi connectivity index (χ3n) is 5.58. The highest BCUT2D eigenvalue weighted by atomic mass is 16.2. The van der Waals surface area contributed by atoms with E-state index in [4.69, 9.17) is 5.73 Å². The first kappa shape index (κ1) is 19.3. The molecule has 3 rings (SSSR count). The van der Waals surface area contributed by atoms with Crippen molar-refractivity contribution in [1.82, 2.24) is 4.90 Å². The van der Waals surface area contributed by atoms with Crippen LogP contribution in [0.2, 0.25) is 0 Å². The van der Waals surface area contributed by atoms with Gasteiger partial charge in [-0.3, -0.25) is 9.59 Å². The molecule has 0 unspecified atom stereocenters. The molecule has 0 saturated carbocycles. The van der Waals surface area contributed by atoms with Crippen LogP contribution in [0.15, 0.2) is 48.5 Å². The van der Waals surface area contributed by atoms with Gasteiger partial charge in [-0.2, -0.15) is 0 Å². The molecular formula is C23H28N2O2. The third-order valence-corrected chi connectivity index (χ3v) is 5.58. The zero-order valence-electron chi connectivity index (χ0n) is 16.2. The molecule has 1 aliphatic heterocycles. The van der Waals surface area contributed by atoms with Gasteiger partial charge in [0.25, 0.3) is 0 Å². The lowest BCUT2D eigenvalue weighted by molar-refractivity contribution is -0.130. The van der Waals surface area contributed by atoms with Crippen LogP contribution in [-0.4, -0.2) is 36.2 Å². The maximum atomic E-state index is 12.7. The SMILES string of the molecule is Cc1ccc(C)c(C(=O)CCC(=O)N2C[C@@H](CN)[C@H](c3ccccc3)C2)c1. The van der Waals surface area contributed by atoms with Crippen LogP contribution < -0.4 is 5.73 Å². The van der Waals surface area contributed by atoms with Crippen molar-refractivity contribution in [2.75, 3.05) is 19.6 Å². The van der Waals surface area contributed by atoms with Crippen molar-refractivity contribution in [3.63, 3.8) is 0 Å². The van der Waals surface area contributed by atoms with E-state index < -0.39 is 0 Å². The molecule has 4 nitrogen and oxygen atoms in total. The first-order chi connectivity index (χ1) is 13.0. The Kier molecular flexibility index (Phi) is 6.07. The molecule has 1 fully saturated rings. The summed E-state index contributed by atoms with van der Waals surface area (Å²) < 4.78 is 0. The zero-order valence-corrected chi connectivity index (χ0v) is 16.2. The average molecular weight is 364 g/mol. The number of likely N-dealkylation sites (tertiary alicyclic amines) is 1. The van der Waals surface area contributed by atoms with Crippen molar-refractivity contribution in [3.05, 3.63) is 70.8 Å². The van der Waals surface area contributed by atoms with Crippen molar-refractivity contribution < 1.29 is 9.59 Å². The Balaban J connectivity index is 1.61. The molecule has 1 saturated heterocycles. The number of ketones is 1. The summed E-state index contributed by atoms with van der Waals surface area (Å²) in [6.45, 7) is 5.83. The second-order valence-electron chi connectivity index (χ2n) is 7.55. The Morgan fingerprint density at radius 3 is 2.48 bits per heavy atom. The zero-order chi connectivity index (χ0) is 19.4. The summed E-state index contributed by atoms with van der Waals surface area (Å²) in [5.74, 6) is 0.630. The second kappa shape index (κ2) is 8.49. The maximum absolute atomic E-state index is 12.7. The number of Topliss-reactive ketones (excluding diaryl/α,β-unsaturated/α-hetero) is 1. The monoisotopic (exact) mass is 364 g/mol. The maximum Gasteiger partial charge on any atom is 0.223 e. The van der Waals surface area contributed by atoms with E-state index in [2.05, 4.69) is 12.1 Å². The molecule has 2 atom stereocenters. The van der Waals surface area contributed by atoms with Crippen LogP contribution in [0.3, 0.4) is 0 Å². The average Bonchev–Trinajstić information content (AvgIpc) is 3.13. The Morgan fingerprint density at radius 2 is 1.78 bits per heavy atom. The summed E-state index contributed by atoms with van der Waals surface area (Å²) in [4.78, 5) is 27.1. The summed E-state index contributed by atoms with van der Waals surface area (Å²) in [6.07, 6.45) is 0.508. The van der Waals surface area contributed by atoms with E-state index in [1.807, 2.05) is 55.1 Å². The second-order valence-corrected chi connectivity index (χ2v) is 7.55. The fraction of sp³-hybridized carbons (Fsp3) is 0.391. The highest BCUT2D eigenvalue weighted by molar-refractivity contribution is 5.99. The summed E-state index contributed by atoms with van der Waals surface area (Å²) in [6, 6.07) is 16.1.